The third-order valence-electron chi connectivity index (χ3n) is 5.45. The molecule has 0 unspecified atom stereocenters. The molecular weight excluding hydrogens is 342 g/mol. The molecule has 1 N–H and O–H groups in total. The summed E-state index contributed by atoms with van der Waals surface area (Å²) in [7, 11) is 0. The molecule has 3 aromatic heterocycles. The number of carbonyl (C=O) groups excluding carboxylic acids is 1. The number of amides is 1. The SMILES string of the molecule is Cc1nc(NC2(C)CC2)c2c(C(=O)N3CCc4ncccc4C3)coc2n1. The van der Waals surface area contributed by atoms with Crippen LogP contribution in [-0.2, 0) is 13.0 Å². The van der Waals surface area contributed by atoms with Gasteiger partial charge in [0.05, 0.1) is 10.9 Å². The van der Waals surface area contributed by atoms with Crippen LogP contribution in [-0.4, -0.2) is 37.8 Å². The zero-order valence-electron chi connectivity index (χ0n) is 15.5. The molecule has 27 heavy (non-hydrogen) atoms. The van der Waals surface area contributed by atoms with Crippen molar-refractivity contribution in [3.8, 4) is 0 Å². The van der Waals surface area contributed by atoms with Crippen molar-refractivity contribution in [2.24, 2.45) is 0 Å². The predicted molar refractivity (Wildman–Crippen MR) is 100 cm³/mol. The summed E-state index contributed by atoms with van der Waals surface area (Å²) < 4.78 is 5.64. The van der Waals surface area contributed by atoms with E-state index in [0.717, 1.165) is 30.5 Å². The molecule has 1 aliphatic carbocycles. The lowest BCUT2D eigenvalue weighted by Gasteiger charge is -2.28. The molecule has 0 radical (unpaired) electrons. The molecule has 0 aromatic carbocycles. The molecule has 1 aliphatic heterocycles. The molecule has 4 heterocycles. The van der Waals surface area contributed by atoms with Gasteiger partial charge in [0.15, 0.2) is 0 Å². The second kappa shape index (κ2) is 5.77. The van der Waals surface area contributed by atoms with Crippen LogP contribution in [0.15, 0.2) is 29.0 Å². The van der Waals surface area contributed by atoms with E-state index >= 15 is 0 Å². The smallest absolute Gasteiger partial charge is 0.258 e. The van der Waals surface area contributed by atoms with E-state index in [1.54, 1.807) is 6.20 Å². The predicted octanol–water partition coefficient (Wildman–Crippen LogP) is 3.09. The van der Waals surface area contributed by atoms with E-state index in [0.29, 0.717) is 41.4 Å². The summed E-state index contributed by atoms with van der Waals surface area (Å²) in [4.78, 5) is 28.5. The maximum absolute atomic E-state index is 13.3. The van der Waals surface area contributed by atoms with E-state index in [1.807, 2.05) is 24.0 Å². The highest BCUT2D eigenvalue weighted by atomic mass is 16.3. The van der Waals surface area contributed by atoms with Crippen molar-refractivity contribution in [1.82, 2.24) is 19.9 Å². The maximum Gasteiger partial charge on any atom is 0.258 e. The number of carbonyl (C=O) groups is 1. The fourth-order valence-corrected chi connectivity index (χ4v) is 3.60. The minimum absolute atomic E-state index is 0.0427. The lowest BCUT2D eigenvalue weighted by Crippen LogP contribution is -2.36. The van der Waals surface area contributed by atoms with Gasteiger partial charge in [-0.3, -0.25) is 9.78 Å². The van der Waals surface area contributed by atoms with E-state index in [-0.39, 0.29) is 11.4 Å². The number of aromatic nitrogens is 3. The summed E-state index contributed by atoms with van der Waals surface area (Å²) in [6, 6.07) is 3.94. The number of pyridine rings is 1. The Kier molecular flexibility index (Phi) is 3.47. The molecule has 7 nitrogen and oxygen atoms in total. The van der Waals surface area contributed by atoms with Crippen LogP contribution in [0.2, 0.25) is 0 Å². The van der Waals surface area contributed by atoms with Crippen LogP contribution < -0.4 is 5.32 Å². The van der Waals surface area contributed by atoms with Gasteiger partial charge < -0.3 is 14.6 Å². The number of aryl methyl sites for hydroxylation is 1. The molecule has 1 saturated carbocycles. The zero-order chi connectivity index (χ0) is 18.6. The van der Waals surface area contributed by atoms with Gasteiger partial charge in [-0.2, -0.15) is 4.98 Å². The highest BCUT2D eigenvalue weighted by molar-refractivity contribution is 6.09. The minimum atomic E-state index is -0.0558. The number of furan rings is 1. The van der Waals surface area contributed by atoms with Gasteiger partial charge in [-0.05, 0) is 38.3 Å². The standard InChI is InChI=1S/C20H21N5O2/c1-12-22-17(24-20(2)6-7-20)16-14(11-27-18(16)23-12)19(26)25-9-5-15-13(10-25)4-3-8-21-15/h3-4,8,11H,5-7,9-10H2,1-2H3,(H,22,23,24). The number of hydrogen-bond acceptors (Lipinski definition) is 6. The van der Waals surface area contributed by atoms with Gasteiger partial charge in [0.25, 0.3) is 5.91 Å². The summed E-state index contributed by atoms with van der Waals surface area (Å²) in [6.45, 7) is 5.19. The molecule has 138 valence electrons. The minimum Gasteiger partial charge on any atom is -0.445 e. The van der Waals surface area contributed by atoms with Crippen LogP contribution in [0.4, 0.5) is 5.82 Å². The Hall–Kier alpha value is -2.96. The van der Waals surface area contributed by atoms with Crippen molar-refractivity contribution in [2.45, 2.75) is 45.2 Å². The molecule has 3 aromatic rings. The van der Waals surface area contributed by atoms with Gasteiger partial charge in [-0.15, -0.1) is 0 Å². The van der Waals surface area contributed by atoms with Gasteiger partial charge in [-0.25, -0.2) is 4.98 Å². The monoisotopic (exact) mass is 363 g/mol. The van der Waals surface area contributed by atoms with Crippen LogP contribution in [0, 0.1) is 6.92 Å². The Morgan fingerprint density at radius 2 is 2.19 bits per heavy atom. The molecule has 5 rings (SSSR count). The van der Waals surface area contributed by atoms with E-state index in [4.69, 9.17) is 4.42 Å². The van der Waals surface area contributed by atoms with E-state index in [2.05, 4.69) is 27.2 Å². The Morgan fingerprint density at radius 1 is 1.33 bits per heavy atom. The van der Waals surface area contributed by atoms with Crippen LogP contribution in [0.3, 0.4) is 0 Å². The Bertz CT molecular complexity index is 1050. The maximum atomic E-state index is 13.3. The van der Waals surface area contributed by atoms with E-state index in [1.165, 1.54) is 6.26 Å². The summed E-state index contributed by atoms with van der Waals surface area (Å²) in [5, 5.41) is 4.16. The van der Waals surface area contributed by atoms with Gasteiger partial charge >= 0.3 is 0 Å². The molecular formula is C20H21N5O2. The largest absolute Gasteiger partial charge is 0.445 e. The van der Waals surface area contributed by atoms with Crippen molar-refractivity contribution in [2.75, 3.05) is 11.9 Å². The average molecular weight is 363 g/mol. The first-order valence-electron chi connectivity index (χ1n) is 9.28. The zero-order valence-corrected chi connectivity index (χ0v) is 15.5. The van der Waals surface area contributed by atoms with Crippen molar-refractivity contribution in [1.29, 1.82) is 0 Å². The third kappa shape index (κ3) is 2.83. The third-order valence-corrected chi connectivity index (χ3v) is 5.45. The second-order valence-corrected chi connectivity index (χ2v) is 7.72. The number of hydrogen-bond donors (Lipinski definition) is 1. The van der Waals surface area contributed by atoms with E-state index < -0.39 is 0 Å². The number of fused-ring (bicyclic) bond motifs is 2. The average Bonchev–Trinajstić information content (AvgIpc) is 3.23. The van der Waals surface area contributed by atoms with Crippen molar-refractivity contribution in [3.05, 3.63) is 47.2 Å². The van der Waals surface area contributed by atoms with Crippen LogP contribution in [0.25, 0.3) is 11.1 Å². The Labute approximate surface area is 156 Å². The molecule has 1 fully saturated rings. The first-order valence-corrected chi connectivity index (χ1v) is 9.28. The molecule has 7 heteroatoms. The van der Waals surface area contributed by atoms with Crippen LogP contribution in [0.5, 0.6) is 0 Å². The summed E-state index contributed by atoms with van der Waals surface area (Å²) in [5.41, 5.74) is 3.18. The van der Waals surface area contributed by atoms with Gasteiger partial charge in [0, 0.05) is 36.9 Å². The molecule has 0 saturated heterocycles. The fraction of sp³-hybridized carbons (Fsp3) is 0.400. The second-order valence-electron chi connectivity index (χ2n) is 7.72. The molecule has 0 bridgehead atoms. The summed E-state index contributed by atoms with van der Waals surface area (Å²) in [6.07, 6.45) is 6.26. The number of nitrogens with zero attached hydrogens (tertiary/aromatic N) is 4. The summed E-state index contributed by atoms with van der Waals surface area (Å²) in [5.74, 6) is 1.26. The lowest BCUT2D eigenvalue weighted by molar-refractivity contribution is 0.0734. The normalized spacial score (nSPS) is 17.6. The Morgan fingerprint density at radius 3 is 3.00 bits per heavy atom. The van der Waals surface area contributed by atoms with Crippen molar-refractivity contribution in [3.63, 3.8) is 0 Å². The van der Waals surface area contributed by atoms with Gasteiger partial charge in [-0.1, -0.05) is 6.07 Å². The first kappa shape index (κ1) is 16.2. The van der Waals surface area contributed by atoms with Crippen LogP contribution >= 0.6 is 0 Å². The molecule has 0 spiro atoms. The first-order chi connectivity index (χ1) is 13.0. The number of rotatable bonds is 3. The highest BCUT2D eigenvalue weighted by Gasteiger charge is 2.38. The van der Waals surface area contributed by atoms with E-state index in [9.17, 15) is 4.79 Å². The molecule has 1 amide bonds. The van der Waals surface area contributed by atoms with Crippen LogP contribution in [0.1, 0.15) is 47.2 Å². The molecule has 2 aliphatic rings. The fourth-order valence-electron chi connectivity index (χ4n) is 3.60. The Balaban J connectivity index is 1.52. The topological polar surface area (TPSA) is 84.2 Å². The van der Waals surface area contributed by atoms with Gasteiger partial charge in [0.2, 0.25) is 5.71 Å². The number of nitrogens with one attached hydrogen (secondary N) is 1. The summed E-state index contributed by atoms with van der Waals surface area (Å²) >= 11 is 0. The lowest BCUT2D eigenvalue weighted by atomic mass is 10.0. The van der Waals surface area contributed by atoms with Crippen molar-refractivity contribution < 1.29 is 9.21 Å². The van der Waals surface area contributed by atoms with Crippen molar-refractivity contribution >= 4 is 22.8 Å². The molecule has 0 atom stereocenters. The highest BCUT2D eigenvalue weighted by Crippen LogP contribution is 2.40. The number of anilines is 1. The quantitative estimate of drug-likeness (QED) is 0.770. The van der Waals surface area contributed by atoms with Gasteiger partial charge in [0.1, 0.15) is 17.9 Å².